The van der Waals surface area contributed by atoms with Crippen molar-refractivity contribution in [3.05, 3.63) is 106 Å². The molecule has 1 unspecified atom stereocenters. The number of anilines is 1. The SMILES string of the molecule is COc1ccc2c(c1)CCc1nc(NC(O)Cc3ccc(F)c(F)c3)c(/C=C/c3ccccc3)nc1-2. The first-order valence-electron chi connectivity index (χ1n) is 11.7. The number of benzene rings is 3. The minimum Gasteiger partial charge on any atom is -0.497 e. The standard InChI is InChI=1S/C29H25F2N3O2/c1-36-21-10-11-22-20(17-21)9-14-25-28(22)32-26(13-8-18-5-3-2-4-6-18)29(33-25)34-27(35)16-19-7-12-23(30)24(31)15-19/h2-8,10-13,15,17,27,35H,9,14,16H2,1H3,(H,33,34)/b13-8+. The molecule has 5 rings (SSSR count). The number of aryl methyl sites for hydroxylation is 2. The van der Waals surface area contributed by atoms with Gasteiger partial charge in [0.2, 0.25) is 0 Å². The fourth-order valence-electron chi connectivity index (χ4n) is 4.32. The normalized spacial score (nSPS) is 13.2. The monoisotopic (exact) mass is 485 g/mol. The molecule has 1 aliphatic rings. The first-order chi connectivity index (χ1) is 17.5. The zero-order valence-electron chi connectivity index (χ0n) is 19.7. The summed E-state index contributed by atoms with van der Waals surface area (Å²) in [4.78, 5) is 9.77. The number of hydrogen-bond acceptors (Lipinski definition) is 5. The number of ether oxygens (including phenoxy) is 1. The van der Waals surface area contributed by atoms with Gasteiger partial charge in [-0.1, -0.05) is 42.5 Å². The van der Waals surface area contributed by atoms with Crippen LogP contribution in [0.1, 0.15) is 28.1 Å². The van der Waals surface area contributed by atoms with E-state index in [-0.39, 0.29) is 6.42 Å². The molecular formula is C29H25F2N3O2. The lowest BCUT2D eigenvalue weighted by atomic mass is 9.91. The Bertz CT molecular complexity index is 1420. The molecule has 0 radical (unpaired) electrons. The Morgan fingerprint density at radius 1 is 0.972 bits per heavy atom. The summed E-state index contributed by atoms with van der Waals surface area (Å²) in [5.41, 5.74) is 5.80. The van der Waals surface area contributed by atoms with Gasteiger partial charge in [-0.15, -0.1) is 0 Å². The highest BCUT2D eigenvalue weighted by atomic mass is 19.2. The van der Waals surface area contributed by atoms with Crippen LogP contribution in [0.15, 0.2) is 66.7 Å². The molecule has 0 saturated heterocycles. The summed E-state index contributed by atoms with van der Waals surface area (Å²) in [6, 6.07) is 19.3. The maximum Gasteiger partial charge on any atom is 0.159 e. The minimum absolute atomic E-state index is 0.0699. The number of aromatic nitrogens is 2. The molecule has 3 aromatic carbocycles. The number of nitrogens with one attached hydrogen (secondary N) is 1. The Labute approximate surface area is 208 Å². The Balaban J connectivity index is 1.49. The van der Waals surface area contributed by atoms with Crippen LogP contribution in [0.25, 0.3) is 23.4 Å². The van der Waals surface area contributed by atoms with E-state index in [1.165, 1.54) is 6.07 Å². The molecule has 1 atom stereocenters. The molecule has 182 valence electrons. The summed E-state index contributed by atoms with van der Waals surface area (Å²) in [7, 11) is 1.65. The smallest absolute Gasteiger partial charge is 0.159 e. The fourth-order valence-corrected chi connectivity index (χ4v) is 4.32. The summed E-state index contributed by atoms with van der Waals surface area (Å²) in [6.07, 6.45) is 4.27. The molecule has 1 aromatic heterocycles. The van der Waals surface area contributed by atoms with E-state index in [1.807, 2.05) is 60.7 Å². The van der Waals surface area contributed by atoms with E-state index < -0.39 is 17.9 Å². The average Bonchev–Trinajstić information content (AvgIpc) is 2.89. The summed E-state index contributed by atoms with van der Waals surface area (Å²) < 4.78 is 32.3. The first kappa shape index (κ1) is 23.6. The second-order valence-corrected chi connectivity index (χ2v) is 8.63. The second-order valence-electron chi connectivity index (χ2n) is 8.63. The second kappa shape index (κ2) is 10.3. The third kappa shape index (κ3) is 5.11. The van der Waals surface area contributed by atoms with Gasteiger partial charge in [0.15, 0.2) is 17.5 Å². The highest BCUT2D eigenvalue weighted by Gasteiger charge is 2.22. The number of aliphatic hydroxyl groups is 1. The quantitative estimate of drug-likeness (QED) is 0.330. The van der Waals surface area contributed by atoms with Crippen LogP contribution >= 0.6 is 0 Å². The van der Waals surface area contributed by atoms with Crippen LogP contribution in [-0.2, 0) is 19.3 Å². The molecule has 0 saturated carbocycles. The molecule has 1 aliphatic carbocycles. The molecule has 0 bridgehead atoms. The van der Waals surface area contributed by atoms with E-state index in [0.29, 0.717) is 23.5 Å². The topological polar surface area (TPSA) is 67.3 Å². The highest BCUT2D eigenvalue weighted by Crippen LogP contribution is 2.35. The molecule has 4 aromatic rings. The molecule has 0 fully saturated rings. The lowest BCUT2D eigenvalue weighted by molar-refractivity contribution is 0.203. The largest absolute Gasteiger partial charge is 0.497 e. The number of rotatable bonds is 7. The summed E-state index contributed by atoms with van der Waals surface area (Å²) in [5, 5.41) is 13.7. The molecule has 0 spiro atoms. The molecular weight excluding hydrogens is 460 g/mol. The molecule has 5 nitrogen and oxygen atoms in total. The maximum atomic E-state index is 13.6. The number of fused-ring (bicyclic) bond motifs is 3. The van der Waals surface area contributed by atoms with Gasteiger partial charge >= 0.3 is 0 Å². The molecule has 36 heavy (non-hydrogen) atoms. The van der Waals surface area contributed by atoms with Crippen molar-refractivity contribution in [1.29, 1.82) is 0 Å². The van der Waals surface area contributed by atoms with E-state index >= 15 is 0 Å². The van der Waals surface area contributed by atoms with Crippen LogP contribution in [0, 0.1) is 11.6 Å². The van der Waals surface area contributed by atoms with Crippen molar-refractivity contribution in [2.45, 2.75) is 25.5 Å². The summed E-state index contributed by atoms with van der Waals surface area (Å²) >= 11 is 0. The van der Waals surface area contributed by atoms with Gasteiger partial charge < -0.3 is 15.2 Å². The van der Waals surface area contributed by atoms with E-state index in [2.05, 4.69) is 5.32 Å². The van der Waals surface area contributed by atoms with Gasteiger partial charge in [-0.25, -0.2) is 18.7 Å². The molecule has 0 aliphatic heterocycles. The van der Waals surface area contributed by atoms with Gasteiger partial charge in [0.25, 0.3) is 0 Å². The van der Waals surface area contributed by atoms with Gasteiger partial charge in [-0.3, -0.25) is 0 Å². The van der Waals surface area contributed by atoms with Gasteiger partial charge in [0.05, 0.1) is 18.5 Å². The minimum atomic E-state index is -1.08. The summed E-state index contributed by atoms with van der Waals surface area (Å²) in [5.74, 6) is -0.649. The van der Waals surface area contributed by atoms with Crippen molar-refractivity contribution >= 4 is 18.0 Å². The van der Waals surface area contributed by atoms with Gasteiger partial charge in [0.1, 0.15) is 17.7 Å². The fraction of sp³-hybridized carbons (Fsp3) is 0.172. The third-order valence-corrected chi connectivity index (χ3v) is 6.14. The number of hydrogen-bond donors (Lipinski definition) is 2. The number of methoxy groups -OCH3 is 1. The lowest BCUT2D eigenvalue weighted by Gasteiger charge is -2.22. The first-order valence-corrected chi connectivity index (χ1v) is 11.7. The van der Waals surface area contributed by atoms with Gasteiger partial charge in [0, 0.05) is 12.0 Å². The van der Waals surface area contributed by atoms with Crippen molar-refractivity contribution in [1.82, 2.24) is 9.97 Å². The number of halogens is 2. The Morgan fingerprint density at radius 2 is 1.81 bits per heavy atom. The van der Waals surface area contributed by atoms with Crippen LogP contribution in [0.2, 0.25) is 0 Å². The Hall–Kier alpha value is -4.10. The van der Waals surface area contributed by atoms with E-state index in [9.17, 15) is 13.9 Å². The molecule has 0 amide bonds. The number of aliphatic hydroxyl groups excluding tert-OH is 1. The van der Waals surface area contributed by atoms with Crippen LogP contribution in [0.5, 0.6) is 5.75 Å². The van der Waals surface area contributed by atoms with Crippen molar-refractivity contribution in [3.8, 4) is 17.0 Å². The zero-order chi connectivity index (χ0) is 25.1. The molecule has 1 heterocycles. The lowest BCUT2D eigenvalue weighted by Crippen LogP contribution is -2.24. The molecule has 7 heteroatoms. The van der Waals surface area contributed by atoms with Crippen LogP contribution in [-0.4, -0.2) is 28.4 Å². The third-order valence-electron chi connectivity index (χ3n) is 6.14. The van der Waals surface area contributed by atoms with Crippen molar-refractivity contribution in [2.75, 3.05) is 12.4 Å². The number of nitrogens with zero attached hydrogens (tertiary/aromatic N) is 2. The van der Waals surface area contributed by atoms with E-state index in [4.69, 9.17) is 14.7 Å². The van der Waals surface area contributed by atoms with Crippen LogP contribution in [0.3, 0.4) is 0 Å². The van der Waals surface area contributed by atoms with Crippen molar-refractivity contribution < 1.29 is 18.6 Å². The summed E-state index contributed by atoms with van der Waals surface area (Å²) in [6.45, 7) is 0. The van der Waals surface area contributed by atoms with Crippen molar-refractivity contribution in [3.63, 3.8) is 0 Å². The van der Waals surface area contributed by atoms with Gasteiger partial charge in [-0.05, 0) is 65.9 Å². The van der Waals surface area contributed by atoms with Crippen molar-refractivity contribution in [2.24, 2.45) is 0 Å². The zero-order valence-corrected chi connectivity index (χ0v) is 19.7. The van der Waals surface area contributed by atoms with E-state index in [0.717, 1.165) is 52.4 Å². The average molecular weight is 486 g/mol. The van der Waals surface area contributed by atoms with Crippen LogP contribution < -0.4 is 10.1 Å². The predicted octanol–water partition coefficient (Wildman–Crippen LogP) is 5.67. The Morgan fingerprint density at radius 3 is 2.58 bits per heavy atom. The van der Waals surface area contributed by atoms with E-state index in [1.54, 1.807) is 7.11 Å². The molecule has 2 N–H and O–H groups in total. The maximum absolute atomic E-state index is 13.6. The predicted molar refractivity (Wildman–Crippen MR) is 136 cm³/mol. The van der Waals surface area contributed by atoms with Gasteiger partial charge in [-0.2, -0.15) is 0 Å². The van der Waals surface area contributed by atoms with Crippen LogP contribution in [0.4, 0.5) is 14.6 Å². The Kier molecular flexibility index (Phi) is 6.73. The highest BCUT2D eigenvalue weighted by molar-refractivity contribution is 5.77.